The number of primary sulfonamides is 1. The van der Waals surface area contributed by atoms with Crippen LogP contribution in [0.5, 0.6) is 0 Å². The molecule has 1 fully saturated rings. The summed E-state index contributed by atoms with van der Waals surface area (Å²) in [7, 11) is -3.75. The zero-order chi connectivity index (χ0) is 14.2. The van der Waals surface area contributed by atoms with E-state index in [4.69, 9.17) is 5.14 Å². The van der Waals surface area contributed by atoms with E-state index in [0.717, 1.165) is 6.54 Å². The molecule has 5 nitrogen and oxygen atoms in total. The standard InChI is InChI=1S/C12H18N2O3S2/c1-3-14(7-9-4-5-9)12(15)10-6-11(8(2)18-10)19(13,16)17/h6,9H,3-5,7H2,1-2H3,(H2,13,16,17). The predicted molar refractivity (Wildman–Crippen MR) is 74.7 cm³/mol. The molecule has 0 radical (unpaired) electrons. The molecule has 1 amide bonds. The molecule has 0 aliphatic heterocycles. The van der Waals surface area contributed by atoms with Gasteiger partial charge in [0.15, 0.2) is 0 Å². The maximum Gasteiger partial charge on any atom is 0.263 e. The summed E-state index contributed by atoms with van der Waals surface area (Å²) in [5.74, 6) is 0.514. The molecule has 2 rings (SSSR count). The van der Waals surface area contributed by atoms with Gasteiger partial charge in [-0.2, -0.15) is 0 Å². The maximum absolute atomic E-state index is 12.3. The van der Waals surface area contributed by atoms with Crippen LogP contribution < -0.4 is 5.14 Å². The molecule has 0 saturated heterocycles. The Hall–Kier alpha value is -0.920. The van der Waals surface area contributed by atoms with Gasteiger partial charge >= 0.3 is 0 Å². The van der Waals surface area contributed by atoms with Gasteiger partial charge < -0.3 is 4.90 Å². The fourth-order valence-electron chi connectivity index (χ4n) is 1.98. The van der Waals surface area contributed by atoms with Crippen LogP contribution in [0.4, 0.5) is 0 Å². The summed E-state index contributed by atoms with van der Waals surface area (Å²) in [6.07, 6.45) is 2.35. The highest BCUT2D eigenvalue weighted by Gasteiger charge is 2.28. The molecule has 1 aromatic rings. The Balaban J connectivity index is 2.23. The summed E-state index contributed by atoms with van der Waals surface area (Å²) in [5.41, 5.74) is 0. The first-order valence-corrected chi connectivity index (χ1v) is 8.61. The Kier molecular flexibility index (Phi) is 3.98. The van der Waals surface area contributed by atoms with Gasteiger partial charge in [0.2, 0.25) is 10.0 Å². The summed E-state index contributed by atoms with van der Waals surface area (Å²) < 4.78 is 22.8. The molecule has 1 saturated carbocycles. The van der Waals surface area contributed by atoms with Crippen LogP contribution >= 0.6 is 11.3 Å². The van der Waals surface area contributed by atoms with Crippen LogP contribution in [0.3, 0.4) is 0 Å². The molecule has 1 heterocycles. The quantitative estimate of drug-likeness (QED) is 0.896. The number of nitrogens with zero attached hydrogens (tertiary/aromatic N) is 1. The van der Waals surface area contributed by atoms with E-state index in [0.29, 0.717) is 22.2 Å². The van der Waals surface area contributed by atoms with Crippen LogP contribution in [0.1, 0.15) is 34.3 Å². The van der Waals surface area contributed by atoms with Gasteiger partial charge in [0, 0.05) is 18.0 Å². The van der Waals surface area contributed by atoms with Crippen LogP contribution in [0.2, 0.25) is 0 Å². The first-order chi connectivity index (χ1) is 8.82. The molecule has 0 spiro atoms. The van der Waals surface area contributed by atoms with E-state index in [-0.39, 0.29) is 10.8 Å². The summed E-state index contributed by atoms with van der Waals surface area (Å²) in [6.45, 7) is 4.99. The Morgan fingerprint density at radius 3 is 2.58 bits per heavy atom. The fourth-order valence-corrected chi connectivity index (χ4v) is 4.09. The number of sulfonamides is 1. The van der Waals surface area contributed by atoms with Crippen molar-refractivity contribution in [1.29, 1.82) is 0 Å². The minimum Gasteiger partial charge on any atom is -0.338 e. The number of carbonyl (C=O) groups is 1. The Bertz CT molecular complexity index is 588. The highest BCUT2D eigenvalue weighted by Crippen LogP contribution is 2.31. The van der Waals surface area contributed by atoms with E-state index in [1.54, 1.807) is 11.8 Å². The lowest BCUT2D eigenvalue weighted by Crippen LogP contribution is -2.32. The number of thiophene rings is 1. The molecule has 0 aromatic carbocycles. The van der Waals surface area contributed by atoms with Crippen molar-refractivity contribution in [3.63, 3.8) is 0 Å². The molecule has 0 atom stereocenters. The molecule has 1 aromatic heterocycles. The Labute approximate surface area is 117 Å². The molecule has 106 valence electrons. The number of carbonyl (C=O) groups excluding carboxylic acids is 1. The number of amides is 1. The lowest BCUT2D eigenvalue weighted by molar-refractivity contribution is 0.0761. The van der Waals surface area contributed by atoms with E-state index in [1.807, 2.05) is 6.92 Å². The molecule has 0 bridgehead atoms. The molecule has 1 aliphatic rings. The average Bonchev–Trinajstić information content (AvgIpc) is 3.04. The second-order valence-corrected chi connectivity index (χ2v) is 7.65. The lowest BCUT2D eigenvalue weighted by Gasteiger charge is -2.19. The monoisotopic (exact) mass is 302 g/mol. The first kappa shape index (κ1) is 14.5. The van der Waals surface area contributed by atoms with Crippen molar-refractivity contribution in [2.45, 2.75) is 31.6 Å². The second kappa shape index (κ2) is 5.22. The van der Waals surface area contributed by atoms with Crippen molar-refractivity contribution in [3.05, 3.63) is 15.8 Å². The number of nitrogens with two attached hydrogens (primary N) is 1. The van der Waals surface area contributed by atoms with Gasteiger partial charge in [-0.15, -0.1) is 11.3 Å². The Morgan fingerprint density at radius 2 is 2.16 bits per heavy atom. The van der Waals surface area contributed by atoms with Crippen molar-refractivity contribution < 1.29 is 13.2 Å². The maximum atomic E-state index is 12.3. The van der Waals surface area contributed by atoms with E-state index < -0.39 is 10.0 Å². The van der Waals surface area contributed by atoms with Crippen LogP contribution in [0.15, 0.2) is 11.0 Å². The first-order valence-electron chi connectivity index (χ1n) is 6.25. The zero-order valence-corrected chi connectivity index (χ0v) is 12.7. The van der Waals surface area contributed by atoms with Crippen molar-refractivity contribution in [2.75, 3.05) is 13.1 Å². The normalized spacial score (nSPS) is 15.5. The largest absolute Gasteiger partial charge is 0.338 e. The summed E-state index contributed by atoms with van der Waals surface area (Å²) in [4.78, 5) is 15.2. The van der Waals surface area contributed by atoms with Gasteiger partial charge in [0.25, 0.3) is 5.91 Å². The highest BCUT2D eigenvalue weighted by molar-refractivity contribution is 7.89. The molecular formula is C12H18N2O3S2. The third-order valence-electron chi connectivity index (χ3n) is 3.23. The van der Waals surface area contributed by atoms with Gasteiger partial charge in [-0.1, -0.05) is 0 Å². The van der Waals surface area contributed by atoms with Crippen LogP contribution in [0, 0.1) is 12.8 Å². The highest BCUT2D eigenvalue weighted by atomic mass is 32.2. The summed E-state index contributed by atoms with van der Waals surface area (Å²) in [5, 5.41) is 5.12. The predicted octanol–water partition coefficient (Wildman–Crippen LogP) is 1.58. The second-order valence-electron chi connectivity index (χ2n) is 4.86. The van der Waals surface area contributed by atoms with Crippen LogP contribution in [0.25, 0.3) is 0 Å². The SMILES string of the molecule is CCN(CC1CC1)C(=O)c1cc(S(N)(=O)=O)c(C)s1. The van der Waals surface area contributed by atoms with Crippen LogP contribution in [-0.4, -0.2) is 32.3 Å². The number of hydrogen-bond donors (Lipinski definition) is 1. The van der Waals surface area contributed by atoms with Crippen LogP contribution in [-0.2, 0) is 10.0 Å². The molecule has 2 N–H and O–H groups in total. The zero-order valence-electron chi connectivity index (χ0n) is 11.0. The molecule has 1 aliphatic carbocycles. The smallest absolute Gasteiger partial charge is 0.263 e. The third-order valence-corrected chi connectivity index (χ3v) is 5.44. The molecule has 19 heavy (non-hydrogen) atoms. The summed E-state index contributed by atoms with van der Waals surface area (Å²) >= 11 is 1.19. The minimum absolute atomic E-state index is 0.0586. The average molecular weight is 302 g/mol. The van der Waals surface area contributed by atoms with E-state index in [1.165, 1.54) is 30.2 Å². The number of hydrogen-bond acceptors (Lipinski definition) is 4. The van der Waals surface area contributed by atoms with Gasteiger partial charge in [-0.05, 0) is 38.7 Å². The minimum atomic E-state index is -3.75. The van der Waals surface area contributed by atoms with Crippen molar-refractivity contribution in [1.82, 2.24) is 4.90 Å². The van der Waals surface area contributed by atoms with E-state index >= 15 is 0 Å². The van der Waals surface area contributed by atoms with Gasteiger partial charge in [0.1, 0.15) is 0 Å². The van der Waals surface area contributed by atoms with Crippen molar-refractivity contribution >= 4 is 27.3 Å². The summed E-state index contributed by atoms with van der Waals surface area (Å²) in [6, 6.07) is 1.40. The topological polar surface area (TPSA) is 80.5 Å². The van der Waals surface area contributed by atoms with Gasteiger partial charge in [-0.3, -0.25) is 4.79 Å². The van der Waals surface area contributed by atoms with Crippen molar-refractivity contribution in [2.24, 2.45) is 11.1 Å². The van der Waals surface area contributed by atoms with Gasteiger partial charge in [-0.25, -0.2) is 13.6 Å². The number of aryl methyl sites for hydroxylation is 1. The lowest BCUT2D eigenvalue weighted by atomic mass is 10.3. The van der Waals surface area contributed by atoms with Gasteiger partial charge in [0.05, 0.1) is 9.77 Å². The molecular weight excluding hydrogens is 284 g/mol. The van der Waals surface area contributed by atoms with E-state index in [9.17, 15) is 13.2 Å². The molecule has 7 heteroatoms. The number of rotatable bonds is 5. The fraction of sp³-hybridized carbons (Fsp3) is 0.583. The Morgan fingerprint density at radius 1 is 1.53 bits per heavy atom. The van der Waals surface area contributed by atoms with Crippen molar-refractivity contribution in [3.8, 4) is 0 Å². The third kappa shape index (κ3) is 3.34. The van der Waals surface area contributed by atoms with E-state index in [2.05, 4.69) is 0 Å². The molecule has 0 unspecified atom stereocenters.